The molecule has 0 saturated carbocycles. The van der Waals surface area contributed by atoms with Crippen molar-refractivity contribution in [1.82, 2.24) is 0 Å². The molecule has 5 nitrogen and oxygen atoms in total. The Morgan fingerprint density at radius 3 is 1.77 bits per heavy atom. The summed E-state index contributed by atoms with van der Waals surface area (Å²) in [4.78, 5) is 10.3. The fourth-order valence-corrected chi connectivity index (χ4v) is 9.67. The van der Waals surface area contributed by atoms with E-state index in [4.69, 9.17) is 9.83 Å². The van der Waals surface area contributed by atoms with Crippen LogP contribution in [0.15, 0.2) is 233 Å². The number of nitrogens with zero attached hydrogens (tertiary/aromatic N) is 3. The molecule has 312 valence electrons. The molecule has 0 unspecified atom stereocenters. The summed E-state index contributed by atoms with van der Waals surface area (Å²) in [5.41, 5.74) is 16.8. The van der Waals surface area contributed by atoms with Crippen LogP contribution in [0.1, 0.15) is 38.9 Å². The van der Waals surface area contributed by atoms with Crippen molar-refractivity contribution in [3.05, 3.63) is 257 Å². The molecule has 2 heterocycles. The van der Waals surface area contributed by atoms with Gasteiger partial charge >= 0.3 is 0 Å². The minimum Gasteiger partial charge on any atom is -0.456 e. The number of anilines is 3. The molecule has 0 atom stereocenters. The second-order valence-electron chi connectivity index (χ2n) is 16.3. The topological polar surface area (TPSA) is 65.0 Å². The van der Waals surface area contributed by atoms with Crippen LogP contribution in [-0.4, -0.2) is 19.3 Å². The van der Waals surface area contributed by atoms with Crippen LogP contribution in [0, 0.1) is 12.3 Å². The molecule has 1 aliphatic carbocycles. The average Bonchev–Trinajstić information content (AvgIpc) is 3.88. The Kier molecular flexibility index (Phi) is 10.9. The Balaban J connectivity index is 0.000000263. The van der Waals surface area contributed by atoms with Crippen LogP contribution in [-0.2, 0) is 12.0 Å². The van der Waals surface area contributed by atoms with Gasteiger partial charge in [0.05, 0.1) is 23.3 Å². The number of hydrogen-bond donors (Lipinski definition) is 1. The van der Waals surface area contributed by atoms with Gasteiger partial charge in [0.15, 0.2) is 5.84 Å². The first-order chi connectivity index (χ1) is 32.0. The van der Waals surface area contributed by atoms with E-state index < -0.39 is 5.41 Å². The van der Waals surface area contributed by atoms with Gasteiger partial charge in [-0.1, -0.05) is 175 Å². The summed E-state index contributed by atoms with van der Waals surface area (Å²) in [7, 11) is 0. The number of aryl methyl sites for hydroxylation is 1. The van der Waals surface area contributed by atoms with Crippen molar-refractivity contribution < 1.29 is 4.42 Å². The number of amidine groups is 1. The SMILES string of the molecule is C=NC(=N)c1cccc2c1-c1cc(-c3ccc4c(c3)oc3ccccc34)ccc1C21c2ccccc2N(c2ccccc2)c2ccccc21.C=NCc1ccccc1.Cc1ccccc1. The van der Waals surface area contributed by atoms with Crippen molar-refractivity contribution in [1.29, 1.82) is 5.41 Å². The van der Waals surface area contributed by atoms with Crippen LogP contribution < -0.4 is 4.90 Å². The molecular weight excluding hydrogens is 793 g/mol. The molecule has 1 spiro atoms. The van der Waals surface area contributed by atoms with Crippen LogP contribution in [0.4, 0.5) is 17.1 Å². The standard InChI is InChI=1S/C45H29N3O.C8H9N.C7H8/c1-47-44(46)33-15-11-18-38-43(33)34-26-28(29-22-24-32-31-14-5-10-21-41(31)49-42(32)27-29)23-25-35(34)45(38)36-16-6-8-19-39(36)48(30-12-3-2-4-13-30)40-20-9-7-17-37(40)45;1-9-7-8-5-3-2-4-6-8;1-7-5-3-2-4-6-7/h2-27,46H,1H2;2-6H,1,7H2;2-6H,1H3. The van der Waals surface area contributed by atoms with Gasteiger partial charge in [-0.25, -0.2) is 4.99 Å². The maximum atomic E-state index is 8.94. The van der Waals surface area contributed by atoms with Gasteiger partial charge in [-0.15, -0.1) is 0 Å². The van der Waals surface area contributed by atoms with Gasteiger partial charge in [-0.2, -0.15) is 0 Å². The highest BCUT2D eigenvalue weighted by atomic mass is 16.3. The minimum absolute atomic E-state index is 0.164. The molecule has 2 aliphatic rings. The lowest BCUT2D eigenvalue weighted by atomic mass is 9.64. The predicted octanol–water partition coefficient (Wildman–Crippen LogP) is 15.3. The van der Waals surface area contributed by atoms with E-state index in [1.807, 2.05) is 72.8 Å². The van der Waals surface area contributed by atoms with Gasteiger partial charge in [0.2, 0.25) is 0 Å². The molecule has 0 radical (unpaired) electrons. The zero-order valence-electron chi connectivity index (χ0n) is 36.2. The minimum atomic E-state index is -0.623. The van der Waals surface area contributed by atoms with Gasteiger partial charge in [-0.05, 0) is 119 Å². The molecule has 12 rings (SSSR count). The molecular formula is C60H46N4O. The normalized spacial score (nSPS) is 12.4. The molecule has 0 fully saturated rings. The van der Waals surface area contributed by atoms with Crippen molar-refractivity contribution in [2.45, 2.75) is 18.9 Å². The Morgan fingerprint density at radius 2 is 1.11 bits per heavy atom. The van der Waals surface area contributed by atoms with Crippen LogP contribution in [0.5, 0.6) is 0 Å². The number of furan rings is 1. The van der Waals surface area contributed by atoms with Crippen molar-refractivity contribution >= 4 is 58.3 Å². The summed E-state index contributed by atoms with van der Waals surface area (Å²) in [6, 6.07) is 76.2. The molecule has 65 heavy (non-hydrogen) atoms. The third-order valence-corrected chi connectivity index (χ3v) is 12.5. The number of benzene rings is 9. The first-order valence-electron chi connectivity index (χ1n) is 21.8. The van der Waals surface area contributed by atoms with E-state index in [9.17, 15) is 0 Å². The van der Waals surface area contributed by atoms with E-state index in [1.165, 1.54) is 27.8 Å². The second-order valence-corrected chi connectivity index (χ2v) is 16.3. The number of fused-ring (bicyclic) bond motifs is 12. The summed E-state index contributed by atoms with van der Waals surface area (Å²) >= 11 is 0. The number of para-hydroxylation sites is 4. The highest BCUT2D eigenvalue weighted by molar-refractivity contribution is 6.10. The Labute approximate surface area is 379 Å². The smallest absolute Gasteiger partial charge is 0.151 e. The first-order valence-corrected chi connectivity index (χ1v) is 21.8. The summed E-state index contributed by atoms with van der Waals surface area (Å²) in [6.45, 7) is 9.97. The molecule has 1 N–H and O–H groups in total. The number of rotatable bonds is 5. The van der Waals surface area contributed by atoms with E-state index >= 15 is 0 Å². The van der Waals surface area contributed by atoms with Crippen LogP contribution in [0.2, 0.25) is 0 Å². The fraction of sp³-hybridized carbons (Fsp3) is 0.0500. The molecule has 5 heteroatoms. The molecule has 1 aliphatic heterocycles. The van der Waals surface area contributed by atoms with Gasteiger partial charge in [0, 0.05) is 22.0 Å². The molecule has 1 aromatic heterocycles. The van der Waals surface area contributed by atoms with Crippen molar-refractivity contribution in [3.63, 3.8) is 0 Å². The molecule has 10 aromatic rings. The van der Waals surface area contributed by atoms with Crippen molar-refractivity contribution in [3.8, 4) is 22.3 Å². The maximum absolute atomic E-state index is 8.94. The molecule has 9 aromatic carbocycles. The summed E-state index contributed by atoms with van der Waals surface area (Å²) in [5.74, 6) is 0.164. The van der Waals surface area contributed by atoms with Gasteiger partial charge in [0.1, 0.15) is 11.2 Å². The first kappa shape index (κ1) is 40.6. The fourth-order valence-electron chi connectivity index (χ4n) is 9.67. The lowest BCUT2D eigenvalue weighted by Gasteiger charge is -2.45. The van der Waals surface area contributed by atoms with E-state index in [0.29, 0.717) is 0 Å². The summed E-state index contributed by atoms with van der Waals surface area (Å²) < 4.78 is 6.29. The maximum Gasteiger partial charge on any atom is 0.151 e. The van der Waals surface area contributed by atoms with E-state index in [1.54, 1.807) is 0 Å². The monoisotopic (exact) mass is 838 g/mol. The number of hydrogen-bond acceptors (Lipinski definition) is 4. The van der Waals surface area contributed by atoms with Crippen molar-refractivity contribution in [2.75, 3.05) is 4.90 Å². The molecule has 0 saturated heterocycles. The quantitative estimate of drug-likeness (QED) is 0.139. The van der Waals surface area contributed by atoms with Gasteiger partial charge in [0.25, 0.3) is 0 Å². The highest BCUT2D eigenvalue weighted by Crippen LogP contribution is 2.64. The average molecular weight is 839 g/mol. The zero-order chi connectivity index (χ0) is 44.3. The van der Waals surface area contributed by atoms with Gasteiger partial charge in [-0.3, -0.25) is 10.4 Å². The highest BCUT2D eigenvalue weighted by Gasteiger charge is 2.52. The van der Waals surface area contributed by atoms with Crippen LogP contribution in [0.25, 0.3) is 44.2 Å². The lowest BCUT2D eigenvalue weighted by Crippen LogP contribution is -2.36. The number of aliphatic imine (C=N–C) groups is 2. The van der Waals surface area contributed by atoms with Crippen LogP contribution in [0.3, 0.4) is 0 Å². The van der Waals surface area contributed by atoms with Crippen molar-refractivity contribution in [2.24, 2.45) is 9.98 Å². The molecule has 0 bridgehead atoms. The second kappa shape index (κ2) is 17.4. The Morgan fingerprint density at radius 1 is 0.538 bits per heavy atom. The van der Waals surface area contributed by atoms with E-state index in [2.05, 4.69) is 181 Å². The number of nitrogens with one attached hydrogen (secondary N) is 1. The van der Waals surface area contributed by atoms with Gasteiger partial charge < -0.3 is 9.32 Å². The predicted molar refractivity (Wildman–Crippen MR) is 272 cm³/mol. The Hall–Kier alpha value is -8.41. The van der Waals surface area contributed by atoms with E-state index in [-0.39, 0.29) is 5.84 Å². The zero-order valence-corrected chi connectivity index (χ0v) is 36.2. The lowest BCUT2D eigenvalue weighted by molar-refractivity contribution is 0.669. The summed E-state index contributed by atoms with van der Waals surface area (Å²) in [5, 5.41) is 11.2. The largest absolute Gasteiger partial charge is 0.456 e. The van der Waals surface area contributed by atoms with Crippen LogP contribution >= 0.6 is 0 Å². The third-order valence-electron chi connectivity index (χ3n) is 12.5. The third kappa shape index (κ3) is 7.13. The van der Waals surface area contributed by atoms with E-state index in [0.717, 1.165) is 78.9 Å². The Bertz CT molecular complexity index is 3320. The summed E-state index contributed by atoms with van der Waals surface area (Å²) in [6.07, 6.45) is 0. The molecule has 0 amide bonds.